The van der Waals surface area contributed by atoms with Crippen molar-refractivity contribution >= 4 is 39.6 Å². The second-order valence-electron chi connectivity index (χ2n) is 8.02. The molecule has 7 heteroatoms. The number of nitrogens with two attached hydrogens (primary N) is 1. The minimum Gasteiger partial charge on any atom is -0.390 e. The van der Waals surface area contributed by atoms with Crippen LogP contribution in [0.4, 0.5) is 5.69 Å². The third kappa shape index (κ3) is 2.56. The largest absolute Gasteiger partial charge is 0.390 e. The molecule has 134 valence electrons. The molecule has 0 radical (unpaired) electrons. The first-order valence-corrected chi connectivity index (χ1v) is 8.77. The fourth-order valence-corrected chi connectivity index (χ4v) is 5.73. The van der Waals surface area contributed by atoms with Crippen molar-refractivity contribution in [3.05, 3.63) is 24.0 Å². The number of amides is 1. The molecule has 5 N–H and O–H groups in total. The second-order valence-corrected chi connectivity index (χ2v) is 8.02. The van der Waals surface area contributed by atoms with E-state index in [0.29, 0.717) is 29.4 Å². The summed E-state index contributed by atoms with van der Waals surface area (Å²) < 4.78 is 0. The molecule has 0 unspecified atom stereocenters. The summed E-state index contributed by atoms with van der Waals surface area (Å²) in [5, 5.41) is 15.3. The molecule has 6 rings (SSSR count). The van der Waals surface area contributed by atoms with Crippen molar-refractivity contribution in [1.29, 1.82) is 0 Å². The molecule has 2 aromatic heterocycles. The van der Waals surface area contributed by atoms with Crippen LogP contribution in [0.15, 0.2) is 18.5 Å². The molecule has 1 amide bonds. The Bertz CT molecular complexity index is 820. The molecule has 4 saturated carbocycles. The number of carbonyl (C=O) groups excluding carboxylic acids is 1. The van der Waals surface area contributed by atoms with Crippen molar-refractivity contribution in [2.45, 2.75) is 43.7 Å². The van der Waals surface area contributed by atoms with Gasteiger partial charge in [0.2, 0.25) is 0 Å². The molecule has 25 heavy (non-hydrogen) atoms. The predicted octanol–water partition coefficient (Wildman–Crippen LogP) is 2.59. The minimum atomic E-state index is -0.462. The summed E-state index contributed by atoms with van der Waals surface area (Å²) in [6.45, 7) is 0. The maximum Gasteiger partial charge on any atom is 0.252 e. The lowest BCUT2D eigenvalue weighted by Crippen LogP contribution is -2.59. The Labute approximate surface area is 156 Å². The van der Waals surface area contributed by atoms with Crippen LogP contribution in [0.1, 0.15) is 42.5 Å². The third-order valence-electron chi connectivity index (χ3n) is 6.40. The second kappa shape index (κ2) is 5.71. The van der Waals surface area contributed by atoms with E-state index in [-0.39, 0.29) is 17.0 Å². The number of aromatic amines is 1. The molecule has 6 nitrogen and oxygen atoms in total. The van der Waals surface area contributed by atoms with Gasteiger partial charge in [0.15, 0.2) is 0 Å². The molecule has 0 spiro atoms. The summed E-state index contributed by atoms with van der Waals surface area (Å²) in [6.07, 6.45) is 8.42. The van der Waals surface area contributed by atoms with Crippen LogP contribution >= 0.6 is 17.0 Å². The molecule has 0 saturated heterocycles. The van der Waals surface area contributed by atoms with Crippen LogP contribution in [0.25, 0.3) is 11.0 Å². The highest BCUT2D eigenvalue weighted by atomic mass is 79.9. The number of hydrogen-bond acceptors (Lipinski definition) is 4. The Kier molecular flexibility index (Phi) is 3.85. The van der Waals surface area contributed by atoms with Crippen LogP contribution in [-0.4, -0.2) is 32.6 Å². The number of aliphatic hydroxyl groups is 1. The Morgan fingerprint density at radius 1 is 1.32 bits per heavy atom. The van der Waals surface area contributed by atoms with Gasteiger partial charge in [-0.15, -0.1) is 17.0 Å². The van der Waals surface area contributed by atoms with E-state index in [2.05, 4.69) is 15.3 Å². The summed E-state index contributed by atoms with van der Waals surface area (Å²) in [5.41, 5.74) is 7.10. The molecular weight excluding hydrogens is 384 g/mol. The highest BCUT2D eigenvalue weighted by Crippen LogP contribution is 2.56. The zero-order chi connectivity index (χ0) is 16.5. The van der Waals surface area contributed by atoms with E-state index in [0.717, 1.165) is 36.0 Å². The fraction of sp³-hybridized carbons (Fsp3) is 0.556. The van der Waals surface area contributed by atoms with Gasteiger partial charge in [-0.05, 0) is 55.9 Å². The Morgan fingerprint density at radius 3 is 2.68 bits per heavy atom. The van der Waals surface area contributed by atoms with Gasteiger partial charge in [0.05, 0.1) is 16.9 Å². The number of pyridine rings is 1. The summed E-state index contributed by atoms with van der Waals surface area (Å²) in [6, 6.07) is 2.22. The molecule has 2 heterocycles. The van der Waals surface area contributed by atoms with Crippen LogP contribution in [-0.2, 0) is 0 Å². The van der Waals surface area contributed by atoms with Crippen LogP contribution < -0.4 is 11.1 Å². The molecule has 4 fully saturated rings. The van der Waals surface area contributed by atoms with Gasteiger partial charge < -0.3 is 21.1 Å². The Morgan fingerprint density at radius 2 is 2.04 bits per heavy atom. The zero-order valence-corrected chi connectivity index (χ0v) is 15.6. The molecule has 0 aromatic carbocycles. The SMILES string of the molecule is Br.NC(=O)c1cnc2[nH]ccc2c1NC1[C@H]2CC3C[C@H]1CC(O)(C3)C2. The maximum absolute atomic E-state index is 11.9. The van der Waals surface area contributed by atoms with Gasteiger partial charge in [0.25, 0.3) is 5.91 Å². The third-order valence-corrected chi connectivity index (χ3v) is 6.40. The topological polar surface area (TPSA) is 104 Å². The van der Waals surface area contributed by atoms with E-state index < -0.39 is 11.5 Å². The number of fused-ring (bicyclic) bond motifs is 1. The standard InChI is InChI=1S/C18H22N4O2.BrH/c19-16(23)13-8-21-17-12(1-2-20-17)15(13)22-14-10-3-9-4-11(14)7-18(24,5-9)6-10;/h1-2,8-11,14,24H,3-7H2,(H2,19,23)(H2,20,21,22);1H/t9?,10-,11-,14?,18?;/m0./s1. The summed E-state index contributed by atoms with van der Waals surface area (Å²) in [7, 11) is 0. The maximum atomic E-state index is 11.9. The Hall–Kier alpha value is -1.60. The smallest absolute Gasteiger partial charge is 0.252 e. The van der Waals surface area contributed by atoms with E-state index in [1.165, 1.54) is 12.8 Å². The van der Waals surface area contributed by atoms with Crippen LogP contribution in [0.3, 0.4) is 0 Å². The highest BCUT2D eigenvalue weighted by molar-refractivity contribution is 8.93. The van der Waals surface area contributed by atoms with Gasteiger partial charge in [-0.25, -0.2) is 4.98 Å². The predicted molar refractivity (Wildman–Crippen MR) is 101 cm³/mol. The zero-order valence-electron chi connectivity index (χ0n) is 13.9. The van der Waals surface area contributed by atoms with Crippen molar-refractivity contribution in [2.75, 3.05) is 5.32 Å². The van der Waals surface area contributed by atoms with Gasteiger partial charge in [-0.1, -0.05) is 0 Å². The number of H-pyrrole nitrogens is 1. The number of carbonyl (C=O) groups is 1. The van der Waals surface area contributed by atoms with Crippen molar-refractivity contribution in [1.82, 2.24) is 9.97 Å². The number of nitrogens with one attached hydrogen (secondary N) is 2. The van der Waals surface area contributed by atoms with Gasteiger partial charge >= 0.3 is 0 Å². The van der Waals surface area contributed by atoms with Crippen molar-refractivity contribution in [2.24, 2.45) is 23.5 Å². The number of aromatic nitrogens is 2. The molecule has 2 aromatic rings. The lowest BCUT2D eigenvalue weighted by Gasteiger charge is -2.58. The molecule has 0 aliphatic heterocycles. The number of halogens is 1. The van der Waals surface area contributed by atoms with Crippen LogP contribution in [0, 0.1) is 17.8 Å². The van der Waals surface area contributed by atoms with Crippen molar-refractivity contribution < 1.29 is 9.90 Å². The van der Waals surface area contributed by atoms with Gasteiger partial charge in [-0.3, -0.25) is 4.79 Å². The van der Waals surface area contributed by atoms with E-state index >= 15 is 0 Å². The average Bonchev–Trinajstić information content (AvgIpc) is 2.97. The normalized spacial score (nSPS) is 35.6. The lowest BCUT2D eigenvalue weighted by atomic mass is 9.52. The molecule has 4 bridgehead atoms. The first-order valence-electron chi connectivity index (χ1n) is 8.77. The average molecular weight is 407 g/mol. The van der Waals surface area contributed by atoms with E-state index in [9.17, 15) is 9.90 Å². The first-order chi connectivity index (χ1) is 11.5. The van der Waals surface area contributed by atoms with Gasteiger partial charge in [-0.2, -0.15) is 0 Å². The molecular formula is C18H23BrN4O2. The van der Waals surface area contributed by atoms with Crippen LogP contribution in [0.2, 0.25) is 0 Å². The monoisotopic (exact) mass is 406 g/mol. The molecule has 4 aliphatic rings. The molecule has 4 aliphatic carbocycles. The van der Waals surface area contributed by atoms with E-state index in [1.54, 1.807) is 6.20 Å². The lowest BCUT2D eigenvalue weighted by molar-refractivity contribution is -0.129. The number of primary amides is 1. The first kappa shape index (κ1) is 16.8. The van der Waals surface area contributed by atoms with Gasteiger partial charge in [0.1, 0.15) is 5.65 Å². The Balaban J connectivity index is 0.00000157. The van der Waals surface area contributed by atoms with E-state index in [1.807, 2.05) is 12.3 Å². The quantitative estimate of drug-likeness (QED) is 0.628. The van der Waals surface area contributed by atoms with Gasteiger partial charge in [0, 0.05) is 23.8 Å². The number of rotatable bonds is 3. The molecule has 2 atom stereocenters. The summed E-state index contributed by atoms with van der Waals surface area (Å²) >= 11 is 0. The fourth-order valence-electron chi connectivity index (χ4n) is 5.73. The number of hydrogen-bond donors (Lipinski definition) is 4. The van der Waals surface area contributed by atoms with Crippen molar-refractivity contribution in [3.8, 4) is 0 Å². The summed E-state index contributed by atoms with van der Waals surface area (Å²) in [5.74, 6) is 1.12. The number of anilines is 1. The van der Waals surface area contributed by atoms with E-state index in [4.69, 9.17) is 5.73 Å². The number of nitrogens with zero attached hydrogens (tertiary/aromatic N) is 1. The highest BCUT2D eigenvalue weighted by Gasteiger charge is 2.54. The summed E-state index contributed by atoms with van der Waals surface area (Å²) in [4.78, 5) is 19.3. The minimum absolute atomic E-state index is 0. The van der Waals surface area contributed by atoms with Crippen LogP contribution in [0.5, 0.6) is 0 Å². The van der Waals surface area contributed by atoms with Crippen molar-refractivity contribution in [3.63, 3.8) is 0 Å².